The number of carbonyl (C=O) groups is 1. The molecule has 1 rings (SSSR count). The fourth-order valence-corrected chi connectivity index (χ4v) is 0.589. The lowest BCUT2D eigenvalue weighted by molar-refractivity contribution is 0.278. The molecular weight excluding hydrogens is 284 g/mol. The molecule has 1 nitrogen and oxygen atoms in total. The number of halogens is 2. The van der Waals surface area contributed by atoms with Gasteiger partial charge in [0.2, 0.25) is 0 Å². The molecule has 0 radical (unpaired) electrons. The van der Waals surface area contributed by atoms with Gasteiger partial charge in [0.05, 0.1) is 0 Å². The molecule has 0 bridgehead atoms. The fourth-order valence-electron chi connectivity index (χ4n) is 0.589. The van der Waals surface area contributed by atoms with Crippen LogP contribution in [0.3, 0.4) is 0 Å². The van der Waals surface area contributed by atoms with Crippen molar-refractivity contribution in [3.8, 4) is 0 Å². The molecular formula is C9H8Br2O. The summed E-state index contributed by atoms with van der Waals surface area (Å²) in [5, 5.41) is 0. The minimum absolute atomic E-state index is 0.208. The zero-order valence-electron chi connectivity index (χ0n) is 6.34. The number of carbonyl (C=O) groups excluding carboxylic acids is 1. The molecule has 0 aliphatic carbocycles. The van der Waals surface area contributed by atoms with Gasteiger partial charge in [-0.1, -0.05) is 43.0 Å². The normalized spacial score (nSPS) is 7.83. The van der Waals surface area contributed by atoms with E-state index >= 15 is 0 Å². The van der Waals surface area contributed by atoms with Gasteiger partial charge in [0, 0.05) is 31.9 Å². The van der Waals surface area contributed by atoms with Crippen LogP contribution in [0.15, 0.2) is 36.9 Å². The number of rotatable bonds is 1. The van der Waals surface area contributed by atoms with Crippen molar-refractivity contribution in [2.24, 2.45) is 0 Å². The summed E-state index contributed by atoms with van der Waals surface area (Å²) in [5.74, 6) is 0. The lowest BCUT2D eigenvalue weighted by Gasteiger charge is -1.85. The highest BCUT2D eigenvalue weighted by atomic mass is 79.9. The molecule has 0 aliphatic heterocycles. The third kappa shape index (κ3) is 7.69. The van der Waals surface area contributed by atoms with E-state index in [0.717, 1.165) is 0 Å². The third-order valence-corrected chi connectivity index (χ3v) is 1.04. The molecule has 0 saturated carbocycles. The molecule has 0 atom stereocenters. The number of benzene rings is 1. The van der Waals surface area contributed by atoms with Crippen molar-refractivity contribution in [3.63, 3.8) is 0 Å². The Morgan fingerprint density at radius 1 is 1.25 bits per heavy atom. The van der Waals surface area contributed by atoms with Crippen LogP contribution in [0, 0.1) is 0 Å². The van der Waals surface area contributed by atoms with Crippen molar-refractivity contribution in [2.75, 3.05) is 0 Å². The summed E-state index contributed by atoms with van der Waals surface area (Å²) >= 11 is 5.10. The predicted octanol–water partition coefficient (Wildman–Crippen LogP) is 4.23. The number of hydrogen-bond donors (Lipinski definition) is 0. The highest BCUT2D eigenvalue weighted by Crippen LogP contribution is 1.97. The third-order valence-electron chi connectivity index (χ3n) is 1.04. The van der Waals surface area contributed by atoms with Crippen LogP contribution in [0.4, 0.5) is 4.79 Å². The van der Waals surface area contributed by atoms with E-state index in [-0.39, 0.29) is 3.60 Å². The van der Waals surface area contributed by atoms with E-state index in [1.165, 1.54) is 5.56 Å². The molecule has 0 saturated heterocycles. The van der Waals surface area contributed by atoms with Gasteiger partial charge in [0.15, 0.2) is 0 Å². The van der Waals surface area contributed by atoms with Gasteiger partial charge in [0.25, 0.3) is 3.60 Å². The predicted molar refractivity (Wildman–Crippen MR) is 59.8 cm³/mol. The molecule has 1 aromatic carbocycles. The highest BCUT2D eigenvalue weighted by molar-refractivity contribution is 9.39. The van der Waals surface area contributed by atoms with Crippen LogP contribution >= 0.6 is 31.9 Å². The Hall–Kier alpha value is -0.410. The topological polar surface area (TPSA) is 17.1 Å². The Kier molecular flexibility index (Phi) is 7.00. The van der Waals surface area contributed by atoms with E-state index < -0.39 is 0 Å². The van der Waals surface area contributed by atoms with Gasteiger partial charge in [-0.05, 0) is 5.56 Å². The average Bonchev–Trinajstić information content (AvgIpc) is 2.05. The van der Waals surface area contributed by atoms with Gasteiger partial charge in [0.1, 0.15) is 0 Å². The molecule has 0 fully saturated rings. The van der Waals surface area contributed by atoms with E-state index in [9.17, 15) is 4.79 Å². The largest absolute Gasteiger partial charge is 0.273 e. The van der Waals surface area contributed by atoms with Crippen LogP contribution < -0.4 is 0 Å². The highest BCUT2D eigenvalue weighted by Gasteiger charge is 1.75. The Balaban J connectivity index is 0.000000261. The molecule has 0 unspecified atom stereocenters. The quantitative estimate of drug-likeness (QED) is 0.708. The first-order chi connectivity index (χ1) is 5.66. The summed E-state index contributed by atoms with van der Waals surface area (Å²) in [4.78, 5) is 9.28. The summed E-state index contributed by atoms with van der Waals surface area (Å²) in [6.45, 7) is 3.63. The summed E-state index contributed by atoms with van der Waals surface area (Å²) in [7, 11) is 0. The van der Waals surface area contributed by atoms with Crippen molar-refractivity contribution >= 4 is 41.5 Å². The fraction of sp³-hybridized carbons (Fsp3) is 0. The second-order valence-corrected chi connectivity index (χ2v) is 4.35. The van der Waals surface area contributed by atoms with Gasteiger partial charge >= 0.3 is 0 Å². The second-order valence-electron chi connectivity index (χ2n) is 1.84. The van der Waals surface area contributed by atoms with E-state index in [2.05, 4.69) is 38.4 Å². The monoisotopic (exact) mass is 290 g/mol. The average molecular weight is 292 g/mol. The Morgan fingerprint density at radius 3 is 1.92 bits per heavy atom. The summed E-state index contributed by atoms with van der Waals surface area (Å²) < 4.78 is -0.208. The molecule has 0 heterocycles. The molecule has 12 heavy (non-hydrogen) atoms. The first-order valence-electron chi connectivity index (χ1n) is 3.19. The summed E-state index contributed by atoms with van der Waals surface area (Å²) in [6.07, 6.45) is 1.83. The number of hydrogen-bond acceptors (Lipinski definition) is 1. The zero-order valence-corrected chi connectivity index (χ0v) is 9.51. The molecule has 0 amide bonds. The van der Waals surface area contributed by atoms with Crippen molar-refractivity contribution in [2.45, 2.75) is 0 Å². The van der Waals surface area contributed by atoms with Crippen molar-refractivity contribution in [1.82, 2.24) is 0 Å². The van der Waals surface area contributed by atoms with E-state index in [0.29, 0.717) is 0 Å². The lowest BCUT2D eigenvalue weighted by Crippen LogP contribution is -1.63. The van der Waals surface area contributed by atoms with Crippen LogP contribution in [0.5, 0.6) is 0 Å². The minimum atomic E-state index is -0.208. The molecule has 0 N–H and O–H groups in total. The smallest absolute Gasteiger partial charge is 0.262 e. The summed E-state index contributed by atoms with van der Waals surface area (Å²) in [5.41, 5.74) is 1.17. The van der Waals surface area contributed by atoms with Gasteiger partial charge in [-0.3, -0.25) is 4.79 Å². The van der Waals surface area contributed by atoms with E-state index in [4.69, 9.17) is 0 Å². The Labute approximate surface area is 88.7 Å². The van der Waals surface area contributed by atoms with Crippen LogP contribution in [0.25, 0.3) is 6.08 Å². The molecule has 0 spiro atoms. The van der Waals surface area contributed by atoms with Crippen LogP contribution in [0.1, 0.15) is 5.56 Å². The standard InChI is InChI=1S/C8H8.CBr2O/c1-2-8-6-4-3-5-7-8;2-1(3)4/h2-7H,1H2;. The molecule has 3 heteroatoms. The van der Waals surface area contributed by atoms with Gasteiger partial charge in [-0.15, -0.1) is 0 Å². The lowest BCUT2D eigenvalue weighted by atomic mass is 10.2. The SMILES string of the molecule is C=Cc1ccccc1.O=C(Br)Br. The van der Waals surface area contributed by atoms with Gasteiger partial charge in [-0.2, -0.15) is 0 Å². The molecule has 64 valence electrons. The molecule has 1 aromatic rings. The maximum Gasteiger partial charge on any atom is 0.262 e. The molecule has 0 aromatic heterocycles. The van der Waals surface area contributed by atoms with E-state index in [1.54, 1.807) is 0 Å². The first kappa shape index (κ1) is 11.6. The van der Waals surface area contributed by atoms with Crippen LogP contribution in [0.2, 0.25) is 0 Å². The van der Waals surface area contributed by atoms with E-state index in [1.807, 2.05) is 36.4 Å². The molecule has 0 aliphatic rings. The first-order valence-corrected chi connectivity index (χ1v) is 4.78. The second kappa shape index (κ2) is 7.25. The maximum atomic E-state index is 9.28. The van der Waals surface area contributed by atoms with Crippen LogP contribution in [-0.4, -0.2) is 3.60 Å². The van der Waals surface area contributed by atoms with Crippen molar-refractivity contribution in [3.05, 3.63) is 42.5 Å². The van der Waals surface area contributed by atoms with Gasteiger partial charge in [-0.25, -0.2) is 0 Å². The summed E-state index contributed by atoms with van der Waals surface area (Å²) in [6, 6.07) is 10.0. The van der Waals surface area contributed by atoms with Crippen LogP contribution in [-0.2, 0) is 0 Å². The van der Waals surface area contributed by atoms with Gasteiger partial charge < -0.3 is 0 Å². The zero-order chi connectivity index (χ0) is 9.40. The Bertz CT molecular complexity index is 240. The minimum Gasteiger partial charge on any atom is -0.273 e. The van der Waals surface area contributed by atoms with Crippen molar-refractivity contribution in [1.29, 1.82) is 0 Å². The maximum absolute atomic E-state index is 9.28. The Morgan fingerprint density at radius 2 is 1.67 bits per heavy atom. The van der Waals surface area contributed by atoms with Crippen molar-refractivity contribution < 1.29 is 4.79 Å².